The number of para-hydroxylation sites is 2. The van der Waals surface area contributed by atoms with Crippen molar-refractivity contribution in [2.45, 2.75) is 27.2 Å². The van der Waals surface area contributed by atoms with Crippen molar-refractivity contribution in [2.24, 2.45) is 5.92 Å². The van der Waals surface area contributed by atoms with Gasteiger partial charge in [0.1, 0.15) is 5.75 Å². The SMILES string of the molecule is CCN(CCC(C)C)c1ccccc1O. The van der Waals surface area contributed by atoms with E-state index >= 15 is 0 Å². The summed E-state index contributed by atoms with van der Waals surface area (Å²) in [7, 11) is 0. The smallest absolute Gasteiger partial charge is 0.138 e. The van der Waals surface area contributed by atoms with Crippen LogP contribution in [0.1, 0.15) is 27.2 Å². The molecular formula is C13H21NO. The van der Waals surface area contributed by atoms with Crippen LogP contribution in [-0.4, -0.2) is 18.2 Å². The zero-order valence-electron chi connectivity index (χ0n) is 9.90. The Morgan fingerprint density at radius 1 is 1.27 bits per heavy atom. The van der Waals surface area contributed by atoms with E-state index in [0.717, 1.165) is 25.2 Å². The predicted molar refractivity (Wildman–Crippen MR) is 65.4 cm³/mol. The Balaban J connectivity index is 2.70. The minimum absolute atomic E-state index is 0.378. The summed E-state index contributed by atoms with van der Waals surface area (Å²) in [6.45, 7) is 8.50. The molecule has 0 aliphatic heterocycles. The standard InChI is InChI=1S/C13H21NO/c1-4-14(10-9-11(2)3)12-7-5-6-8-13(12)15/h5-8,11,15H,4,9-10H2,1-3H3. The lowest BCUT2D eigenvalue weighted by atomic mass is 10.1. The van der Waals surface area contributed by atoms with Crippen LogP contribution in [0, 0.1) is 5.92 Å². The van der Waals surface area contributed by atoms with Gasteiger partial charge in [0, 0.05) is 13.1 Å². The maximum Gasteiger partial charge on any atom is 0.138 e. The van der Waals surface area contributed by atoms with Crippen molar-refractivity contribution >= 4 is 5.69 Å². The van der Waals surface area contributed by atoms with Crippen LogP contribution in [0.3, 0.4) is 0 Å². The first-order chi connectivity index (χ1) is 7.15. The van der Waals surface area contributed by atoms with Gasteiger partial charge in [-0.1, -0.05) is 26.0 Å². The van der Waals surface area contributed by atoms with Gasteiger partial charge < -0.3 is 10.0 Å². The summed E-state index contributed by atoms with van der Waals surface area (Å²) < 4.78 is 0. The highest BCUT2D eigenvalue weighted by Gasteiger charge is 2.08. The third-order valence-corrected chi connectivity index (χ3v) is 2.58. The second-order valence-corrected chi connectivity index (χ2v) is 4.25. The van der Waals surface area contributed by atoms with Crippen LogP contribution in [0.2, 0.25) is 0 Å². The van der Waals surface area contributed by atoms with Gasteiger partial charge in [-0.15, -0.1) is 0 Å². The number of benzene rings is 1. The average Bonchev–Trinajstić information content (AvgIpc) is 2.21. The molecule has 0 spiro atoms. The highest BCUT2D eigenvalue weighted by Crippen LogP contribution is 2.26. The summed E-state index contributed by atoms with van der Waals surface area (Å²) in [6, 6.07) is 7.54. The molecule has 0 saturated heterocycles. The molecule has 0 heterocycles. The van der Waals surface area contributed by atoms with Crippen molar-refractivity contribution in [2.75, 3.05) is 18.0 Å². The first-order valence-corrected chi connectivity index (χ1v) is 5.68. The Morgan fingerprint density at radius 2 is 1.93 bits per heavy atom. The zero-order valence-corrected chi connectivity index (χ0v) is 9.90. The third-order valence-electron chi connectivity index (χ3n) is 2.58. The summed E-state index contributed by atoms with van der Waals surface area (Å²) in [5.41, 5.74) is 0.945. The van der Waals surface area contributed by atoms with E-state index in [1.165, 1.54) is 0 Å². The Morgan fingerprint density at radius 3 is 2.47 bits per heavy atom. The lowest BCUT2D eigenvalue weighted by Crippen LogP contribution is -2.24. The zero-order chi connectivity index (χ0) is 11.3. The van der Waals surface area contributed by atoms with Crippen LogP contribution in [0.4, 0.5) is 5.69 Å². The first kappa shape index (κ1) is 11.9. The summed E-state index contributed by atoms with van der Waals surface area (Å²) in [5, 5.41) is 9.74. The summed E-state index contributed by atoms with van der Waals surface area (Å²) in [4.78, 5) is 2.22. The molecule has 1 aromatic rings. The maximum absolute atomic E-state index is 9.74. The van der Waals surface area contributed by atoms with Crippen LogP contribution in [0.25, 0.3) is 0 Å². The van der Waals surface area contributed by atoms with Crippen molar-refractivity contribution in [3.05, 3.63) is 24.3 Å². The Bertz CT molecular complexity index is 296. The summed E-state index contributed by atoms with van der Waals surface area (Å²) in [5.74, 6) is 1.08. The van der Waals surface area contributed by atoms with E-state index in [-0.39, 0.29) is 0 Å². The normalized spacial score (nSPS) is 10.7. The monoisotopic (exact) mass is 207 g/mol. The molecule has 0 amide bonds. The second kappa shape index (κ2) is 5.64. The van der Waals surface area contributed by atoms with Gasteiger partial charge in [0.15, 0.2) is 0 Å². The van der Waals surface area contributed by atoms with Crippen LogP contribution in [0.15, 0.2) is 24.3 Å². The topological polar surface area (TPSA) is 23.5 Å². The van der Waals surface area contributed by atoms with Gasteiger partial charge in [0.2, 0.25) is 0 Å². The molecule has 0 bridgehead atoms. The molecule has 84 valence electrons. The van der Waals surface area contributed by atoms with Crippen molar-refractivity contribution < 1.29 is 5.11 Å². The van der Waals surface area contributed by atoms with Gasteiger partial charge in [-0.25, -0.2) is 0 Å². The fourth-order valence-corrected chi connectivity index (χ4v) is 1.59. The van der Waals surface area contributed by atoms with Crippen molar-refractivity contribution in [3.8, 4) is 5.75 Å². The number of aromatic hydroxyl groups is 1. The fraction of sp³-hybridized carbons (Fsp3) is 0.538. The number of rotatable bonds is 5. The lowest BCUT2D eigenvalue weighted by molar-refractivity contribution is 0.472. The van der Waals surface area contributed by atoms with Gasteiger partial charge in [0.05, 0.1) is 5.69 Å². The Kier molecular flexibility index (Phi) is 4.47. The van der Waals surface area contributed by atoms with Gasteiger partial charge in [-0.05, 0) is 31.4 Å². The number of hydrogen-bond donors (Lipinski definition) is 1. The van der Waals surface area contributed by atoms with E-state index in [1.807, 2.05) is 18.2 Å². The van der Waals surface area contributed by atoms with Gasteiger partial charge in [-0.2, -0.15) is 0 Å². The molecule has 0 atom stereocenters. The lowest BCUT2D eigenvalue weighted by Gasteiger charge is -2.24. The van der Waals surface area contributed by atoms with E-state index in [1.54, 1.807) is 6.07 Å². The fourth-order valence-electron chi connectivity index (χ4n) is 1.59. The van der Waals surface area contributed by atoms with E-state index in [4.69, 9.17) is 0 Å². The molecule has 0 unspecified atom stereocenters. The second-order valence-electron chi connectivity index (χ2n) is 4.25. The Hall–Kier alpha value is -1.18. The molecule has 0 aliphatic carbocycles. The third kappa shape index (κ3) is 3.46. The number of anilines is 1. The molecule has 0 radical (unpaired) electrons. The molecule has 0 aliphatic rings. The summed E-state index contributed by atoms with van der Waals surface area (Å²) >= 11 is 0. The quantitative estimate of drug-likeness (QED) is 0.801. The van der Waals surface area contributed by atoms with Crippen molar-refractivity contribution in [1.29, 1.82) is 0 Å². The molecule has 15 heavy (non-hydrogen) atoms. The Labute approximate surface area is 92.5 Å². The average molecular weight is 207 g/mol. The van der Waals surface area contributed by atoms with E-state index in [0.29, 0.717) is 11.7 Å². The van der Waals surface area contributed by atoms with Crippen LogP contribution < -0.4 is 4.90 Å². The predicted octanol–water partition coefficient (Wildman–Crippen LogP) is 3.26. The van der Waals surface area contributed by atoms with E-state index < -0.39 is 0 Å². The number of phenols is 1. The minimum Gasteiger partial charge on any atom is -0.506 e. The van der Waals surface area contributed by atoms with Crippen molar-refractivity contribution in [3.63, 3.8) is 0 Å². The largest absolute Gasteiger partial charge is 0.506 e. The van der Waals surface area contributed by atoms with Crippen LogP contribution in [-0.2, 0) is 0 Å². The molecule has 2 heteroatoms. The van der Waals surface area contributed by atoms with Gasteiger partial charge in [-0.3, -0.25) is 0 Å². The van der Waals surface area contributed by atoms with E-state index in [2.05, 4.69) is 25.7 Å². The minimum atomic E-state index is 0.378. The molecular weight excluding hydrogens is 186 g/mol. The molecule has 1 N–H and O–H groups in total. The van der Waals surface area contributed by atoms with Gasteiger partial charge >= 0.3 is 0 Å². The van der Waals surface area contributed by atoms with Crippen molar-refractivity contribution in [1.82, 2.24) is 0 Å². The molecule has 0 aromatic heterocycles. The molecule has 0 fully saturated rings. The number of hydrogen-bond acceptors (Lipinski definition) is 2. The number of nitrogens with zero attached hydrogens (tertiary/aromatic N) is 1. The number of phenolic OH excluding ortho intramolecular Hbond substituents is 1. The highest BCUT2D eigenvalue weighted by molar-refractivity contribution is 5.57. The highest BCUT2D eigenvalue weighted by atomic mass is 16.3. The van der Waals surface area contributed by atoms with Crippen LogP contribution in [0.5, 0.6) is 5.75 Å². The first-order valence-electron chi connectivity index (χ1n) is 5.68. The maximum atomic E-state index is 9.74. The summed E-state index contributed by atoms with van der Waals surface area (Å²) in [6.07, 6.45) is 1.15. The van der Waals surface area contributed by atoms with Crippen LogP contribution >= 0.6 is 0 Å². The van der Waals surface area contributed by atoms with E-state index in [9.17, 15) is 5.11 Å². The molecule has 1 aromatic carbocycles. The van der Waals surface area contributed by atoms with Gasteiger partial charge in [0.25, 0.3) is 0 Å². The molecule has 2 nitrogen and oxygen atoms in total. The molecule has 0 saturated carbocycles. The molecule has 1 rings (SSSR count).